The van der Waals surface area contributed by atoms with E-state index in [9.17, 15) is 4.79 Å². The van der Waals surface area contributed by atoms with Crippen LogP contribution in [0, 0.1) is 5.92 Å². The first-order chi connectivity index (χ1) is 14.3. The number of benzene rings is 2. The average Bonchev–Trinajstić information content (AvgIpc) is 2.80. The van der Waals surface area contributed by atoms with Crippen LogP contribution in [0.2, 0.25) is 0 Å². The third kappa shape index (κ3) is 5.65. The van der Waals surface area contributed by atoms with E-state index in [0.29, 0.717) is 18.1 Å². The van der Waals surface area contributed by atoms with Crippen LogP contribution in [0.25, 0.3) is 5.57 Å². The normalized spacial score (nSPS) is 18.4. The fourth-order valence-corrected chi connectivity index (χ4v) is 4.51. The smallest absolute Gasteiger partial charge is 0.162 e. The zero-order valence-corrected chi connectivity index (χ0v) is 17.3. The molecule has 3 heteroatoms. The minimum atomic E-state index is 0.294. The predicted molar refractivity (Wildman–Crippen MR) is 120 cm³/mol. The van der Waals surface area contributed by atoms with Crippen LogP contribution in [0.1, 0.15) is 53.6 Å². The van der Waals surface area contributed by atoms with Crippen LogP contribution in [0.15, 0.2) is 60.7 Å². The summed E-state index contributed by atoms with van der Waals surface area (Å²) in [5.41, 5.74) is 4.91. The van der Waals surface area contributed by atoms with Gasteiger partial charge in [-0.1, -0.05) is 60.7 Å². The summed E-state index contributed by atoms with van der Waals surface area (Å²) in [6.45, 7) is 5.32. The van der Waals surface area contributed by atoms with Crippen molar-refractivity contribution in [3.63, 3.8) is 0 Å². The van der Waals surface area contributed by atoms with Gasteiger partial charge in [-0.25, -0.2) is 0 Å². The fourth-order valence-electron chi connectivity index (χ4n) is 4.51. The summed E-state index contributed by atoms with van der Waals surface area (Å²) in [6, 6.07) is 19.0. The van der Waals surface area contributed by atoms with E-state index in [1.807, 2.05) is 12.1 Å². The number of nitrogens with zero attached hydrogens (tertiary/aromatic N) is 1. The fraction of sp³-hybridized carbons (Fsp3) is 0.423. The SMILES string of the molecule is O=C(CCC1CCN(Cc2ccccc2)CC1)c1ccc(C2=CCNCC2)cc1. The van der Waals surface area contributed by atoms with Crippen molar-refractivity contribution >= 4 is 11.4 Å². The second kappa shape index (κ2) is 10.00. The molecule has 3 nitrogen and oxygen atoms in total. The largest absolute Gasteiger partial charge is 0.313 e. The maximum Gasteiger partial charge on any atom is 0.162 e. The Morgan fingerprint density at radius 1 is 1.00 bits per heavy atom. The summed E-state index contributed by atoms with van der Waals surface area (Å²) < 4.78 is 0. The molecular formula is C26H32N2O. The van der Waals surface area contributed by atoms with E-state index in [2.05, 4.69) is 58.8 Å². The maximum absolute atomic E-state index is 12.6. The summed E-state index contributed by atoms with van der Waals surface area (Å²) in [5.74, 6) is 0.979. The van der Waals surface area contributed by atoms with Crippen LogP contribution in [0.4, 0.5) is 0 Å². The molecule has 0 amide bonds. The molecule has 0 spiro atoms. The molecule has 4 rings (SSSR count). The second-order valence-electron chi connectivity index (χ2n) is 8.43. The van der Waals surface area contributed by atoms with Crippen molar-refractivity contribution in [2.45, 2.75) is 38.6 Å². The Bertz CT molecular complexity index is 818. The van der Waals surface area contributed by atoms with Gasteiger partial charge >= 0.3 is 0 Å². The molecule has 0 saturated carbocycles. The van der Waals surface area contributed by atoms with Crippen molar-refractivity contribution in [2.24, 2.45) is 5.92 Å². The maximum atomic E-state index is 12.6. The molecule has 152 valence electrons. The van der Waals surface area contributed by atoms with Crippen molar-refractivity contribution in [3.05, 3.63) is 77.4 Å². The van der Waals surface area contributed by atoms with Gasteiger partial charge in [0.05, 0.1) is 0 Å². The van der Waals surface area contributed by atoms with E-state index in [4.69, 9.17) is 0 Å². The Hall–Kier alpha value is -2.23. The van der Waals surface area contributed by atoms with Gasteiger partial charge in [-0.05, 0) is 67.9 Å². The summed E-state index contributed by atoms with van der Waals surface area (Å²) in [7, 11) is 0. The number of piperidine rings is 1. The van der Waals surface area contributed by atoms with Crippen molar-refractivity contribution < 1.29 is 4.79 Å². The zero-order valence-electron chi connectivity index (χ0n) is 17.3. The highest BCUT2D eigenvalue weighted by Gasteiger charge is 2.20. The summed E-state index contributed by atoms with van der Waals surface area (Å²) in [6.07, 6.45) is 7.44. The molecule has 0 aromatic heterocycles. The van der Waals surface area contributed by atoms with Gasteiger partial charge in [0, 0.05) is 25.1 Å². The zero-order chi connectivity index (χ0) is 19.9. The van der Waals surface area contributed by atoms with Crippen LogP contribution < -0.4 is 5.32 Å². The molecule has 2 aromatic carbocycles. The Balaban J connectivity index is 1.21. The molecular weight excluding hydrogens is 356 g/mol. The van der Waals surface area contributed by atoms with E-state index in [1.54, 1.807) is 0 Å². The molecule has 2 heterocycles. The number of rotatable bonds is 7. The van der Waals surface area contributed by atoms with Gasteiger partial charge in [0.2, 0.25) is 0 Å². The van der Waals surface area contributed by atoms with Crippen LogP contribution >= 0.6 is 0 Å². The predicted octanol–water partition coefficient (Wildman–Crippen LogP) is 4.94. The number of carbonyl (C=O) groups is 1. The van der Waals surface area contributed by atoms with E-state index in [-0.39, 0.29) is 0 Å². The van der Waals surface area contributed by atoms with E-state index in [0.717, 1.165) is 51.1 Å². The lowest BCUT2D eigenvalue weighted by molar-refractivity contribution is 0.0961. The lowest BCUT2D eigenvalue weighted by atomic mass is 9.90. The molecule has 0 aliphatic carbocycles. The van der Waals surface area contributed by atoms with Gasteiger partial charge in [-0.15, -0.1) is 0 Å². The molecule has 1 N–H and O–H groups in total. The highest BCUT2D eigenvalue weighted by Crippen LogP contribution is 2.25. The van der Waals surface area contributed by atoms with Crippen LogP contribution in [-0.2, 0) is 6.54 Å². The van der Waals surface area contributed by atoms with E-state index < -0.39 is 0 Å². The first-order valence-corrected chi connectivity index (χ1v) is 11.1. The summed E-state index contributed by atoms with van der Waals surface area (Å²) >= 11 is 0. The van der Waals surface area contributed by atoms with E-state index in [1.165, 1.54) is 29.5 Å². The Morgan fingerprint density at radius 3 is 2.45 bits per heavy atom. The van der Waals surface area contributed by atoms with E-state index >= 15 is 0 Å². The summed E-state index contributed by atoms with van der Waals surface area (Å²) in [5, 5.41) is 3.34. The number of carbonyl (C=O) groups excluding carboxylic acids is 1. The lowest BCUT2D eigenvalue weighted by Gasteiger charge is -2.32. The quantitative estimate of drug-likeness (QED) is 0.682. The molecule has 0 bridgehead atoms. The van der Waals surface area contributed by atoms with Crippen molar-refractivity contribution in [1.29, 1.82) is 0 Å². The minimum absolute atomic E-state index is 0.294. The number of ketones is 1. The monoisotopic (exact) mass is 388 g/mol. The van der Waals surface area contributed by atoms with Gasteiger partial charge in [0.1, 0.15) is 0 Å². The number of hydrogen-bond donors (Lipinski definition) is 1. The van der Waals surface area contributed by atoms with Gasteiger partial charge in [-0.3, -0.25) is 9.69 Å². The molecule has 0 radical (unpaired) electrons. The van der Waals surface area contributed by atoms with Crippen molar-refractivity contribution in [1.82, 2.24) is 10.2 Å². The van der Waals surface area contributed by atoms with Crippen molar-refractivity contribution in [2.75, 3.05) is 26.2 Å². The van der Waals surface area contributed by atoms with Crippen LogP contribution in [0.5, 0.6) is 0 Å². The van der Waals surface area contributed by atoms with Crippen molar-refractivity contribution in [3.8, 4) is 0 Å². The number of nitrogens with one attached hydrogen (secondary N) is 1. The Morgan fingerprint density at radius 2 is 1.76 bits per heavy atom. The van der Waals surface area contributed by atoms with Gasteiger partial charge in [0.25, 0.3) is 0 Å². The molecule has 2 aliphatic rings. The highest BCUT2D eigenvalue weighted by atomic mass is 16.1. The average molecular weight is 389 g/mol. The molecule has 0 atom stereocenters. The van der Waals surface area contributed by atoms with Gasteiger partial charge < -0.3 is 5.32 Å². The first kappa shape index (κ1) is 20.1. The third-order valence-electron chi connectivity index (χ3n) is 6.38. The highest BCUT2D eigenvalue weighted by molar-refractivity contribution is 5.96. The molecule has 1 fully saturated rings. The first-order valence-electron chi connectivity index (χ1n) is 11.1. The molecule has 2 aliphatic heterocycles. The molecule has 29 heavy (non-hydrogen) atoms. The number of likely N-dealkylation sites (tertiary alicyclic amines) is 1. The standard InChI is InChI=1S/C26H32N2O/c29-26(25-9-7-23(8-10-25)24-12-16-27-17-13-24)11-6-21-14-18-28(19-15-21)20-22-4-2-1-3-5-22/h1-5,7-10,12,21,27H,6,11,13-20H2. The van der Waals surface area contributed by atoms with Gasteiger partial charge in [0.15, 0.2) is 5.78 Å². The topological polar surface area (TPSA) is 32.3 Å². The Labute approximate surface area is 174 Å². The Kier molecular flexibility index (Phi) is 6.91. The molecule has 2 aromatic rings. The van der Waals surface area contributed by atoms with Crippen LogP contribution in [0.3, 0.4) is 0 Å². The molecule has 1 saturated heterocycles. The number of hydrogen-bond acceptors (Lipinski definition) is 3. The lowest BCUT2D eigenvalue weighted by Crippen LogP contribution is -2.33. The van der Waals surface area contributed by atoms with Gasteiger partial charge in [-0.2, -0.15) is 0 Å². The molecule has 0 unspecified atom stereocenters. The summed E-state index contributed by atoms with van der Waals surface area (Å²) in [4.78, 5) is 15.2. The number of Topliss-reactive ketones (excluding diaryl/α,β-unsaturated/α-hetero) is 1. The third-order valence-corrected chi connectivity index (χ3v) is 6.38. The van der Waals surface area contributed by atoms with Crippen LogP contribution in [-0.4, -0.2) is 36.9 Å². The second-order valence-corrected chi connectivity index (χ2v) is 8.43. The minimum Gasteiger partial charge on any atom is -0.313 e.